The van der Waals surface area contributed by atoms with Gasteiger partial charge in [0.15, 0.2) is 0 Å². The van der Waals surface area contributed by atoms with Crippen LogP contribution in [0.1, 0.15) is 10.4 Å². The molecule has 0 saturated carbocycles. The fourth-order valence-electron chi connectivity index (χ4n) is 1.53. The average Bonchev–Trinajstić information content (AvgIpc) is 3.20. The lowest BCUT2D eigenvalue weighted by Crippen LogP contribution is -2.25. The van der Waals surface area contributed by atoms with Gasteiger partial charge in [-0.3, -0.25) is 4.79 Å². The zero-order chi connectivity index (χ0) is 13.7. The Morgan fingerprint density at radius 2 is 2.21 bits per heavy atom. The topological polar surface area (TPSA) is 94.3 Å². The van der Waals surface area contributed by atoms with E-state index in [4.69, 9.17) is 19.9 Å². The number of ether oxygens (including phenoxy) is 3. The van der Waals surface area contributed by atoms with Gasteiger partial charge in [0.1, 0.15) is 24.6 Å². The maximum atomic E-state index is 11.2. The maximum absolute atomic E-state index is 11.2. The van der Waals surface area contributed by atoms with Crippen molar-refractivity contribution in [3.63, 3.8) is 0 Å². The number of hydrogen-bond acceptors (Lipinski definition) is 5. The van der Waals surface area contributed by atoms with Crippen LogP contribution >= 0.6 is 0 Å². The van der Waals surface area contributed by atoms with Gasteiger partial charge in [0.25, 0.3) is 5.91 Å². The number of amides is 1. The van der Waals surface area contributed by atoms with Crippen LogP contribution in [0, 0.1) is 0 Å². The van der Waals surface area contributed by atoms with Gasteiger partial charge in [-0.05, 0) is 12.1 Å². The van der Waals surface area contributed by atoms with Crippen LogP contribution in [-0.4, -0.2) is 49.6 Å². The van der Waals surface area contributed by atoms with Gasteiger partial charge in [0, 0.05) is 0 Å². The molecule has 1 saturated heterocycles. The number of primary amides is 1. The molecule has 1 aliphatic heterocycles. The summed E-state index contributed by atoms with van der Waals surface area (Å²) in [6.45, 7) is 1.40. The minimum Gasteiger partial charge on any atom is -0.490 e. The number of benzene rings is 1. The predicted octanol–water partition coefficient (Wildman–Crippen LogP) is -0.0594. The molecule has 1 aliphatic rings. The number of carbonyl (C=O) groups is 1. The first kappa shape index (κ1) is 13.8. The number of para-hydroxylation sites is 1. The minimum atomic E-state index is -0.764. The lowest BCUT2D eigenvalue weighted by Gasteiger charge is -2.14. The highest BCUT2D eigenvalue weighted by Crippen LogP contribution is 2.17. The van der Waals surface area contributed by atoms with Crippen molar-refractivity contribution < 1.29 is 24.1 Å². The molecular weight excluding hydrogens is 250 g/mol. The molecule has 19 heavy (non-hydrogen) atoms. The standard InChI is InChI=1S/C13H17NO5/c14-13(16)11-3-1-2-4-12(11)19-6-9(15)5-17-7-10-8-18-10/h1-4,9-10,15H,5-8H2,(H2,14,16). The van der Waals surface area contributed by atoms with E-state index in [0.29, 0.717) is 17.9 Å². The summed E-state index contributed by atoms with van der Waals surface area (Å²) in [5.41, 5.74) is 5.51. The number of aliphatic hydroxyl groups excluding tert-OH is 1. The van der Waals surface area contributed by atoms with Gasteiger partial charge in [-0.2, -0.15) is 0 Å². The molecule has 104 valence electrons. The smallest absolute Gasteiger partial charge is 0.252 e. The molecule has 1 fully saturated rings. The number of rotatable bonds is 8. The Hall–Kier alpha value is -1.63. The summed E-state index contributed by atoms with van der Waals surface area (Å²) in [4.78, 5) is 11.2. The molecule has 6 nitrogen and oxygen atoms in total. The van der Waals surface area contributed by atoms with Crippen molar-refractivity contribution in [1.82, 2.24) is 0 Å². The van der Waals surface area contributed by atoms with Gasteiger partial charge in [0.2, 0.25) is 0 Å². The second-order valence-electron chi connectivity index (χ2n) is 4.32. The normalized spacial score (nSPS) is 18.9. The van der Waals surface area contributed by atoms with Gasteiger partial charge in [-0.25, -0.2) is 0 Å². The molecule has 0 aliphatic carbocycles. The Bertz CT molecular complexity index is 433. The Labute approximate surface area is 111 Å². The summed E-state index contributed by atoms with van der Waals surface area (Å²) in [6, 6.07) is 6.63. The van der Waals surface area contributed by atoms with E-state index in [1.54, 1.807) is 24.3 Å². The quantitative estimate of drug-likeness (QED) is 0.643. The van der Waals surface area contributed by atoms with E-state index in [2.05, 4.69) is 0 Å². The van der Waals surface area contributed by atoms with Crippen molar-refractivity contribution in [3.05, 3.63) is 29.8 Å². The van der Waals surface area contributed by atoms with Crippen molar-refractivity contribution >= 4 is 5.91 Å². The van der Waals surface area contributed by atoms with E-state index in [1.807, 2.05) is 0 Å². The number of carbonyl (C=O) groups excluding carboxylic acids is 1. The number of epoxide rings is 1. The van der Waals surface area contributed by atoms with Crippen molar-refractivity contribution in [2.75, 3.05) is 26.4 Å². The molecule has 2 rings (SSSR count). The van der Waals surface area contributed by atoms with Crippen LogP contribution in [0.2, 0.25) is 0 Å². The fraction of sp³-hybridized carbons (Fsp3) is 0.462. The lowest BCUT2D eigenvalue weighted by atomic mass is 10.2. The van der Waals surface area contributed by atoms with E-state index >= 15 is 0 Å². The van der Waals surface area contributed by atoms with Crippen LogP contribution in [0.15, 0.2) is 24.3 Å². The summed E-state index contributed by atoms with van der Waals surface area (Å²) in [5.74, 6) is -0.202. The second-order valence-corrected chi connectivity index (χ2v) is 4.32. The molecular formula is C13H17NO5. The lowest BCUT2D eigenvalue weighted by molar-refractivity contribution is 0.00747. The van der Waals surface area contributed by atoms with Gasteiger partial charge in [-0.1, -0.05) is 12.1 Å². The zero-order valence-corrected chi connectivity index (χ0v) is 10.5. The molecule has 1 heterocycles. The number of hydrogen-bond donors (Lipinski definition) is 2. The number of aliphatic hydroxyl groups is 1. The van der Waals surface area contributed by atoms with Crippen LogP contribution < -0.4 is 10.5 Å². The van der Waals surface area contributed by atoms with Crippen LogP contribution in [0.3, 0.4) is 0 Å². The zero-order valence-electron chi connectivity index (χ0n) is 10.5. The van der Waals surface area contributed by atoms with Gasteiger partial charge < -0.3 is 25.1 Å². The summed E-state index contributed by atoms with van der Waals surface area (Å²) in [7, 11) is 0. The van der Waals surface area contributed by atoms with Crippen molar-refractivity contribution in [1.29, 1.82) is 0 Å². The SMILES string of the molecule is NC(=O)c1ccccc1OCC(O)COCC1CO1. The Balaban J connectivity index is 1.75. The first-order valence-corrected chi connectivity index (χ1v) is 6.06. The van der Waals surface area contributed by atoms with Crippen molar-refractivity contribution in [2.45, 2.75) is 12.2 Å². The Morgan fingerprint density at radius 3 is 2.89 bits per heavy atom. The molecule has 0 aromatic heterocycles. The van der Waals surface area contributed by atoms with Crippen molar-refractivity contribution in [2.24, 2.45) is 5.73 Å². The monoisotopic (exact) mass is 267 g/mol. The largest absolute Gasteiger partial charge is 0.490 e. The highest BCUT2D eigenvalue weighted by molar-refractivity contribution is 5.95. The van der Waals surface area contributed by atoms with E-state index < -0.39 is 12.0 Å². The molecule has 3 N–H and O–H groups in total. The molecule has 0 radical (unpaired) electrons. The molecule has 1 aromatic carbocycles. The third kappa shape index (κ3) is 4.51. The fourth-order valence-corrected chi connectivity index (χ4v) is 1.53. The molecule has 6 heteroatoms. The van der Waals surface area contributed by atoms with Gasteiger partial charge in [0.05, 0.1) is 25.4 Å². The highest BCUT2D eigenvalue weighted by Gasteiger charge is 2.22. The molecule has 1 amide bonds. The molecule has 0 spiro atoms. The summed E-state index contributed by atoms with van der Waals surface area (Å²) < 4.78 is 15.6. The molecule has 0 bridgehead atoms. The van der Waals surface area contributed by atoms with Gasteiger partial charge >= 0.3 is 0 Å². The third-order valence-electron chi connectivity index (χ3n) is 2.60. The number of nitrogens with two attached hydrogens (primary N) is 1. The Morgan fingerprint density at radius 1 is 1.47 bits per heavy atom. The molecule has 2 unspecified atom stereocenters. The Kier molecular flexibility index (Phi) is 4.73. The van der Waals surface area contributed by atoms with E-state index in [-0.39, 0.29) is 19.3 Å². The van der Waals surface area contributed by atoms with Crippen LogP contribution in [-0.2, 0) is 9.47 Å². The van der Waals surface area contributed by atoms with E-state index in [1.165, 1.54) is 0 Å². The summed E-state index contributed by atoms with van der Waals surface area (Å²) in [6.07, 6.45) is -0.594. The maximum Gasteiger partial charge on any atom is 0.252 e. The molecule has 2 atom stereocenters. The molecule has 1 aromatic rings. The van der Waals surface area contributed by atoms with Gasteiger partial charge in [-0.15, -0.1) is 0 Å². The third-order valence-corrected chi connectivity index (χ3v) is 2.60. The minimum absolute atomic E-state index is 0.0375. The summed E-state index contributed by atoms with van der Waals surface area (Å²) >= 11 is 0. The first-order valence-electron chi connectivity index (χ1n) is 6.06. The van der Waals surface area contributed by atoms with Crippen LogP contribution in [0.25, 0.3) is 0 Å². The second kappa shape index (κ2) is 6.51. The van der Waals surface area contributed by atoms with Crippen LogP contribution in [0.5, 0.6) is 5.75 Å². The average molecular weight is 267 g/mol. The first-order chi connectivity index (χ1) is 9.16. The predicted molar refractivity (Wildman–Crippen MR) is 67.0 cm³/mol. The van der Waals surface area contributed by atoms with E-state index in [0.717, 1.165) is 6.61 Å². The van der Waals surface area contributed by atoms with E-state index in [9.17, 15) is 9.90 Å². The van der Waals surface area contributed by atoms with Crippen LogP contribution in [0.4, 0.5) is 0 Å². The van der Waals surface area contributed by atoms with Crippen molar-refractivity contribution in [3.8, 4) is 5.75 Å². The summed E-state index contributed by atoms with van der Waals surface area (Å²) in [5, 5.41) is 9.67. The highest BCUT2D eigenvalue weighted by atomic mass is 16.6.